The fraction of sp³-hybridized carbons (Fsp3) is 0.297. The van der Waals surface area contributed by atoms with Crippen LogP contribution >= 0.6 is 0 Å². The number of nitrogens with one attached hydrogen (secondary N) is 4. The lowest BCUT2D eigenvalue weighted by molar-refractivity contribution is -0.128. The number of methoxy groups -OCH3 is 1. The van der Waals surface area contributed by atoms with E-state index in [1.165, 1.54) is 7.11 Å². The summed E-state index contributed by atoms with van der Waals surface area (Å²) in [5.74, 6) is -0.645. The summed E-state index contributed by atoms with van der Waals surface area (Å²) < 4.78 is 10.9. The maximum Gasteiger partial charge on any atom is 0.412 e. The van der Waals surface area contributed by atoms with Gasteiger partial charge in [-0.25, -0.2) is 14.6 Å². The number of nitriles is 1. The number of rotatable bonds is 15. The van der Waals surface area contributed by atoms with Crippen LogP contribution in [0.1, 0.15) is 37.9 Å². The molecule has 272 valence electrons. The van der Waals surface area contributed by atoms with Crippen molar-refractivity contribution < 1.29 is 28.7 Å². The van der Waals surface area contributed by atoms with Crippen LogP contribution in [0, 0.1) is 17.2 Å². The Hall–Kier alpha value is -6.40. The molecule has 4 rings (SSSR count). The average molecular weight is 710 g/mol. The van der Waals surface area contributed by atoms with E-state index in [9.17, 15) is 24.4 Å². The first-order valence-corrected chi connectivity index (χ1v) is 16.5. The van der Waals surface area contributed by atoms with Gasteiger partial charge in [-0.2, -0.15) is 5.26 Å². The zero-order valence-electron chi connectivity index (χ0n) is 29.4. The first-order valence-electron chi connectivity index (χ1n) is 16.5. The maximum absolute atomic E-state index is 13.1. The molecule has 52 heavy (non-hydrogen) atoms. The van der Waals surface area contributed by atoms with Crippen molar-refractivity contribution >= 4 is 57.6 Å². The van der Waals surface area contributed by atoms with Gasteiger partial charge in [-0.1, -0.05) is 44.2 Å². The lowest BCUT2D eigenvalue weighted by Gasteiger charge is -2.23. The van der Waals surface area contributed by atoms with Gasteiger partial charge in [0.05, 0.1) is 30.0 Å². The van der Waals surface area contributed by atoms with Crippen LogP contribution in [0.3, 0.4) is 0 Å². The molecule has 15 nitrogen and oxygen atoms in total. The molecule has 0 radical (unpaired) electrons. The number of anilines is 4. The molecule has 5 amide bonds. The van der Waals surface area contributed by atoms with Crippen LogP contribution in [0.15, 0.2) is 72.8 Å². The van der Waals surface area contributed by atoms with Crippen molar-refractivity contribution in [1.82, 2.24) is 15.6 Å². The van der Waals surface area contributed by atoms with E-state index in [4.69, 9.17) is 20.9 Å². The molecule has 0 bridgehead atoms. The minimum atomic E-state index is -0.909. The van der Waals surface area contributed by atoms with Crippen molar-refractivity contribution in [3.05, 3.63) is 84.1 Å². The lowest BCUT2D eigenvalue weighted by Crippen LogP contribution is -2.51. The van der Waals surface area contributed by atoms with Crippen LogP contribution in [0.5, 0.6) is 5.75 Å². The third-order valence-corrected chi connectivity index (χ3v) is 8.19. The molecule has 0 aliphatic rings. The second-order valence-electron chi connectivity index (χ2n) is 12.3. The smallest absolute Gasteiger partial charge is 0.412 e. The van der Waals surface area contributed by atoms with Gasteiger partial charge in [0.1, 0.15) is 30.2 Å². The first kappa shape index (κ1) is 38.4. The van der Waals surface area contributed by atoms with E-state index in [0.29, 0.717) is 40.3 Å². The van der Waals surface area contributed by atoms with Crippen LogP contribution in [-0.2, 0) is 20.9 Å². The number of nitrogens with zero attached hydrogens (tertiary/aromatic N) is 3. The number of carbonyl (C=O) groups excluding carboxylic acids is 4. The van der Waals surface area contributed by atoms with E-state index in [0.717, 1.165) is 11.1 Å². The second kappa shape index (κ2) is 18.0. The number of amides is 5. The van der Waals surface area contributed by atoms with Gasteiger partial charge in [0.15, 0.2) is 0 Å². The molecule has 8 N–H and O–H groups in total. The highest BCUT2D eigenvalue weighted by molar-refractivity contribution is 5.98. The minimum Gasteiger partial charge on any atom is -0.495 e. The summed E-state index contributed by atoms with van der Waals surface area (Å²) in [5, 5.41) is 21.1. The Morgan fingerprint density at radius 2 is 1.71 bits per heavy atom. The van der Waals surface area contributed by atoms with Gasteiger partial charge in [-0.15, -0.1) is 0 Å². The Morgan fingerprint density at radius 1 is 0.981 bits per heavy atom. The van der Waals surface area contributed by atoms with Gasteiger partial charge in [-0.3, -0.25) is 14.9 Å². The summed E-state index contributed by atoms with van der Waals surface area (Å²) in [6.07, 6.45) is -0.106. The van der Waals surface area contributed by atoms with Gasteiger partial charge in [0.25, 0.3) is 0 Å². The van der Waals surface area contributed by atoms with Crippen molar-refractivity contribution in [2.45, 2.75) is 45.4 Å². The maximum atomic E-state index is 13.1. The Bertz CT molecular complexity index is 1940. The van der Waals surface area contributed by atoms with E-state index >= 15 is 0 Å². The Balaban J connectivity index is 1.38. The second-order valence-corrected chi connectivity index (χ2v) is 12.3. The summed E-state index contributed by atoms with van der Waals surface area (Å²) in [4.78, 5) is 55.9. The van der Waals surface area contributed by atoms with Crippen LogP contribution in [0.2, 0.25) is 0 Å². The highest BCUT2D eigenvalue weighted by Crippen LogP contribution is 2.35. The number of primary amides is 1. The summed E-state index contributed by atoms with van der Waals surface area (Å²) in [6, 6.07) is 20.9. The Kier molecular flexibility index (Phi) is 13.3. The van der Waals surface area contributed by atoms with Crippen molar-refractivity contribution in [3.8, 4) is 11.8 Å². The molecule has 0 saturated heterocycles. The van der Waals surface area contributed by atoms with E-state index in [1.807, 2.05) is 42.3 Å². The van der Waals surface area contributed by atoms with Gasteiger partial charge in [0.2, 0.25) is 11.8 Å². The van der Waals surface area contributed by atoms with Gasteiger partial charge in [-0.05, 0) is 66.8 Å². The van der Waals surface area contributed by atoms with Gasteiger partial charge in [0, 0.05) is 30.4 Å². The van der Waals surface area contributed by atoms with E-state index in [1.54, 1.807) is 56.3 Å². The van der Waals surface area contributed by atoms with Gasteiger partial charge < -0.3 is 41.8 Å². The molecule has 0 fully saturated rings. The topological polar surface area (TPSA) is 227 Å². The summed E-state index contributed by atoms with van der Waals surface area (Å²) in [7, 11) is 3.34. The quantitative estimate of drug-likeness (QED) is 0.0948. The fourth-order valence-corrected chi connectivity index (χ4v) is 5.20. The molecule has 0 spiro atoms. The predicted molar refractivity (Wildman–Crippen MR) is 198 cm³/mol. The van der Waals surface area contributed by atoms with E-state index in [-0.39, 0.29) is 31.2 Å². The molecule has 3 aromatic carbocycles. The molecule has 0 aliphatic heterocycles. The SMILES string of the molecule is COc1ccc(N(C)c2cc(C#N)nc3ccccc23)cc1NC(=O)OCc1ccc(NC(=O)[C@H](CCCNC(N)=O)NC(=O)[C@@H](N)C(C)C)cc1. The number of aromatic nitrogens is 1. The summed E-state index contributed by atoms with van der Waals surface area (Å²) >= 11 is 0. The average Bonchev–Trinajstić information content (AvgIpc) is 3.14. The third-order valence-electron chi connectivity index (χ3n) is 8.19. The Labute approximate surface area is 301 Å². The number of carbonyl (C=O) groups is 4. The highest BCUT2D eigenvalue weighted by atomic mass is 16.5. The van der Waals surface area contributed by atoms with Crippen LogP contribution in [0.25, 0.3) is 10.9 Å². The fourth-order valence-electron chi connectivity index (χ4n) is 5.20. The number of nitrogens with two attached hydrogens (primary N) is 2. The molecule has 0 saturated carbocycles. The molecule has 2 atom stereocenters. The molecule has 4 aromatic rings. The van der Waals surface area contributed by atoms with Crippen molar-refractivity contribution in [2.75, 3.05) is 36.2 Å². The number of benzene rings is 3. The third kappa shape index (κ3) is 10.3. The minimum absolute atomic E-state index is 0.0689. The normalized spacial score (nSPS) is 11.9. The summed E-state index contributed by atoms with van der Waals surface area (Å²) in [6.45, 7) is 3.77. The summed E-state index contributed by atoms with van der Waals surface area (Å²) in [5.41, 5.74) is 15.0. The molecule has 15 heteroatoms. The number of hydrogen-bond acceptors (Lipinski definition) is 10. The lowest BCUT2D eigenvalue weighted by atomic mass is 10.0. The Morgan fingerprint density at radius 3 is 2.38 bits per heavy atom. The number of fused-ring (bicyclic) bond motifs is 1. The van der Waals surface area contributed by atoms with Crippen LogP contribution in [-0.4, -0.2) is 61.7 Å². The molecular weight excluding hydrogens is 666 g/mol. The number of pyridine rings is 1. The number of ether oxygens (including phenoxy) is 2. The first-order chi connectivity index (χ1) is 24.9. The van der Waals surface area contributed by atoms with Gasteiger partial charge >= 0.3 is 12.1 Å². The van der Waals surface area contributed by atoms with Crippen LogP contribution in [0.4, 0.5) is 32.3 Å². The largest absolute Gasteiger partial charge is 0.495 e. The molecule has 1 aromatic heterocycles. The molecular formula is C37H43N9O6. The highest BCUT2D eigenvalue weighted by Gasteiger charge is 2.25. The monoisotopic (exact) mass is 709 g/mol. The van der Waals surface area contributed by atoms with Crippen molar-refractivity contribution in [1.29, 1.82) is 5.26 Å². The zero-order valence-corrected chi connectivity index (χ0v) is 29.4. The molecule has 1 heterocycles. The van der Waals surface area contributed by atoms with Crippen molar-refractivity contribution in [2.24, 2.45) is 17.4 Å². The molecule has 0 aliphatic carbocycles. The number of para-hydroxylation sites is 1. The van der Waals surface area contributed by atoms with Crippen molar-refractivity contribution in [3.63, 3.8) is 0 Å². The zero-order chi connectivity index (χ0) is 37.8. The van der Waals surface area contributed by atoms with Crippen LogP contribution < -0.4 is 42.4 Å². The predicted octanol–water partition coefficient (Wildman–Crippen LogP) is 4.49. The number of urea groups is 1. The standard InChI is InChI=1S/C37H43N9O6/c1-22(2)33(39)35(48)44-29(10-7-17-41-36(40)49)34(47)43-24-13-11-23(12-14-24)21-52-37(50)45-30-19-26(15-16-32(30)51-4)46(3)31-18-25(20-38)42-28-9-6-5-8-27(28)31/h5-6,8-9,11-16,18-19,22,29,33H,7,10,17,21,39H2,1-4H3,(H,43,47)(H,44,48)(H,45,50)(H3,40,41,49)/t29-,33-/m0/s1. The van der Waals surface area contributed by atoms with E-state index < -0.39 is 36.0 Å². The molecule has 0 unspecified atom stereocenters. The number of hydrogen-bond donors (Lipinski definition) is 6. The van der Waals surface area contributed by atoms with E-state index in [2.05, 4.69) is 32.3 Å².